The van der Waals surface area contributed by atoms with E-state index in [4.69, 9.17) is 0 Å². The van der Waals surface area contributed by atoms with Gasteiger partial charge in [-0.1, -0.05) is 54.7 Å². The molecule has 0 atom stereocenters. The molecule has 0 unspecified atom stereocenters. The third kappa shape index (κ3) is 4.96. The highest BCUT2D eigenvalue weighted by molar-refractivity contribution is 5.25. The Labute approximate surface area is 126 Å². The molecule has 2 rings (SSSR count). The Morgan fingerprint density at radius 2 is 1.60 bits per heavy atom. The van der Waals surface area contributed by atoms with E-state index >= 15 is 0 Å². The summed E-state index contributed by atoms with van der Waals surface area (Å²) in [5.41, 5.74) is 3.57. The Balaban J connectivity index is 1.71. The fourth-order valence-corrected chi connectivity index (χ4v) is 3.76. The second-order valence-corrected chi connectivity index (χ2v) is 6.46. The first-order chi connectivity index (χ1) is 9.92. The van der Waals surface area contributed by atoms with Gasteiger partial charge in [0, 0.05) is 5.92 Å². The van der Waals surface area contributed by atoms with Crippen molar-refractivity contribution in [3.05, 3.63) is 35.5 Å². The molecule has 0 spiro atoms. The molecule has 2 aliphatic carbocycles. The lowest BCUT2D eigenvalue weighted by atomic mass is 9.85. The zero-order valence-electron chi connectivity index (χ0n) is 13.4. The van der Waals surface area contributed by atoms with Gasteiger partial charge in [-0.15, -0.1) is 0 Å². The van der Waals surface area contributed by atoms with Crippen molar-refractivity contribution in [1.82, 2.24) is 0 Å². The Morgan fingerprint density at radius 1 is 0.950 bits per heavy atom. The number of hydrogen-bond donors (Lipinski definition) is 0. The molecule has 0 heteroatoms. The standard InChI is InChI=1S/C20H32/c1-2-3-4-5-6-7-8-17-20(18-13-9-10-14-18)19-15-11-12-16-19/h2-3,13,15,20H,4-12,14,16-17H2,1H3. The molecule has 20 heavy (non-hydrogen) atoms. The smallest absolute Gasteiger partial charge is 0.000690 e. The van der Waals surface area contributed by atoms with E-state index < -0.39 is 0 Å². The van der Waals surface area contributed by atoms with Gasteiger partial charge in [-0.3, -0.25) is 0 Å². The lowest BCUT2D eigenvalue weighted by molar-refractivity contribution is 0.537. The van der Waals surface area contributed by atoms with Crippen LogP contribution in [-0.2, 0) is 0 Å². The second-order valence-electron chi connectivity index (χ2n) is 6.46. The molecule has 0 aromatic heterocycles. The molecule has 0 nitrogen and oxygen atoms in total. The van der Waals surface area contributed by atoms with Crippen LogP contribution in [0.15, 0.2) is 35.5 Å². The van der Waals surface area contributed by atoms with E-state index in [1.54, 1.807) is 11.1 Å². The molecule has 0 fully saturated rings. The summed E-state index contributed by atoms with van der Waals surface area (Å²) < 4.78 is 0. The summed E-state index contributed by atoms with van der Waals surface area (Å²) in [7, 11) is 0. The van der Waals surface area contributed by atoms with E-state index in [1.165, 1.54) is 77.0 Å². The Morgan fingerprint density at radius 3 is 2.15 bits per heavy atom. The third-order valence-corrected chi connectivity index (χ3v) is 4.90. The van der Waals surface area contributed by atoms with Crippen LogP contribution >= 0.6 is 0 Å². The maximum absolute atomic E-state index is 2.55. The Bertz CT molecular complexity index is 332. The van der Waals surface area contributed by atoms with Gasteiger partial charge in [0.25, 0.3) is 0 Å². The summed E-state index contributed by atoms with van der Waals surface area (Å²) >= 11 is 0. The SMILES string of the molecule is CC=CCCCCCCC(C1=CCCC1)C1=CCCC1. The van der Waals surface area contributed by atoms with Crippen LogP contribution in [0.25, 0.3) is 0 Å². The first kappa shape index (κ1) is 15.6. The Hall–Kier alpha value is -0.780. The van der Waals surface area contributed by atoms with Gasteiger partial charge in [0.1, 0.15) is 0 Å². The first-order valence-corrected chi connectivity index (χ1v) is 8.91. The minimum Gasteiger partial charge on any atom is -0.0917 e. The first-order valence-electron chi connectivity index (χ1n) is 8.91. The van der Waals surface area contributed by atoms with Gasteiger partial charge in [-0.05, 0) is 64.7 Å². The number of hydrogen-bond acceptors (Lipinski definition) is 0. The third-order valence-electron chi connectivity index (χ3n) is 4.90. The summed E-state index contributed by atoms with van der Waals surface area (Å²) in [6.07, 6.45) is 26.1. The van der Waals surface area contributed by atoms with Crippen LogP contribution in [0.4, 0.5) is 0 Å². The quantitative estimate of drug-likeness (QED) is 0.322. The van der Waals surface area contributed by atoms with E-state index in [1.807, 2.05) is 0 Å². The molecule has 0 saturated carbocycles. The molecular formula is C20H32. The molecule has 0 aromatic carbocycles. The van der Waals surface area contributed by atoms with E-state index in [2.05, 4.69) is 31.2 Å². The van der Waals surface area contributed by atoms with Crippen LogP contribution in [-0.4, -0.2) is 0 Å². The number of rotatable bonds is 9. The molecule has 0 amide bonds. The van der Waals surface area contributed by atoms with Gasteiger partial charge in [0.15, 0.2) is 0 Å². The van der Waals surface area contributed by atoms with Crippen molar-refractivity contribution in [2.24, 2.45) is 5.92 Å². The van der Waals surface area contributed by atoms with Crippen molar-refractivity contribution in [3.63, 3.8) is 0 Å². The summed E-state index contributed by atoms with van der Waals surface area (Å²) in [4.78, 5) is 0. The molecule has 0 saturated heterocycles. The summed E-state index contributed by atoms with van der Waals surface area (Å²) in [5, 5.41) is 0. The van der Waals surface area contributed by atoms with Crippen molar-refractivity contribution in [2.75, 3.05) is 0 Å². The maximum Gasteiger partial charge on any atom is 0.000690 e. The van der Waals surface area contributed by atoms with Crippen molar-refractivity contribution in [1.29, 1.82) is 0 Å². The molecule has 0 heterocycles. The average Bonchev–Trinajstić information content (AvgIpc) is 3.14. The highest BCUT2D eigenvalue weighted by atomic mass is 14.3. The molecule has 0 aliphatic heterocycles. The molecule has 2 aliphatic rings. The summed E-state index contributed by atoms with van der Waals surface area (Å²) in [5.74, 6) is 0.829. The van der Waals surface area contributed by atoms with Crippen molar-refractivity contribution in [2.45, 2.75) is 84.0 Å². The largest absolute Gasteiger partial charge is 0.0917 e. The molecule has 112 valence electrons. The van der Waals surface area contributed by atoms with Crippen molar-refractivity contribution in [3.8, 4) is 0 Å². The van der Waals surface area contributed by atoms with Crippen LogP contribution in [0.2, 0.25) is 0 Å². The van der Waals surface area contributed by atoms with Gasteiger partial charge in [0.2, 0.25) is 0 Å². The van der Waals surface area contributed by atoms with Crippen LogP contribution < -0.4 is 0 Å². The highest BCUT2D eigenvalue weighted by Crippen LogP contribution is 2.38. The average molecular weight is 272 g/mol. The normalized spacial score (nSPS) is 19.1. The van der Waals surface area contributed by atoms with Crippen LogP contribution in [0.5, 0.6) is 0 Å². The van der Waals surface area contributed by atoms with Crippen LogP contribution in [0.3, 0.4) is 0 Å². The van der Waals surface area contributed by atoms with Crippen molar-refractivity contribution >= 4 is 0 Å². The predicted molar refractivity (Wildman–Crippen MR) is 89.9 cm³/mol. The summed E-state index contributed by atoms with van der Waals surface area (Å²) in [6, 6.07) is 0. The minimum atomic E-state index is 0.829. The van der Waals surface area contributed by atoms with Crippen molar-refractivity contribution < 1.29 is 0 Å². The van der Waals surface area contributed by atoms with Gasteiger partial charge in [0.05, 0.1) is 0 Å². The minimum absolute atomic E-state index is 0.829. The molecule has 0 N–H and O–H groups in total. The van der Waals surface area contributed by atoms with E-state index in [0.29, 0.717) is 0 Å². The Kier molecular flexibility index (Phi) is 7.19. The molecule has 0 aromatic rings. The van der Waals surface area contributed by atoms with Gasteiger partial charge < -0.3 is 0 Å². The van der Waals surface area contributed by atoms with E-state index in [9.17, 15) is 0 Å². The lowest BCUT2D eigenvalue weighted by Crippen LogP contribution is -2.06. The zero-order chi connectivity index (χ0) is 14.0. The number of unbranched alkanes of at least 4 members (excludes halogenated alkanes) is 4. The van der Waals surface area contributed by atoms with E-state index in [0.717, 1.165) is 5.92 Å². The van der Waals surface area contributed by atoms with Crippen LogP contribution in [0.1, 0.15) is 84.0 Å². The monoisotopic (exact) mass is 272 g/mol. The van der Waals surface area contributed by atoms with Gasteiger partial charge in [-0.25, -0.2) is 0 Å². The zero-order valence-corrected chi connectivity index (χ0v) is 13.4. The topological polar surface area (TPSA) is 0 Å². The van der Waals surface area contributed by atoms with E-state index in [-0.39, 0.29) is 0 Å². The van der Waals surface area contributed by atoms with Crippen LogP contribution in [0, 0.1) is 5.92 Å². The van der Waals surface area contributed by atoms with Gasteiger partial charge in [-0.2, -0.15) is 0 Å². The second kappa shape index (κ2) is 9.21. The molecular weight excluding hydrogens is 240 g/mol. The predicted octanol–water partition coefficient (Wildman–Crippen LogP) is 6.74. The fraction of sp³-hybridized carbons (Fsp3) is 0.700. The molecule has 0 radical (unpaired) electrons. The summed E-state index contributed by atoms with van der Waals surface area (Å²) in [6.45, 7) is 2.12. The fourth-order valence-electron chi connectivity index (χ4n) is 3.76. The number of allylic oxidation sites excluding steroid dienone is 6. The molecule has 0 bridgehead atoms. The maximum atomic E-state index is 2.55. The lowest BCUT2D eigenvalue weighted by Gasteiger charge is -2.20. The van der Waals surface area contributed by atoms with Gasteiger partial charge >= 0.3 is 0 Å². The highest BCUT2D eigenvalue weighted by Gasteiger charge is 2.22.